The molecule has 0 bridgehead atoms. The largest absolute Gasteiger partial charge is 0.476 e. The van der Waals surface area contributed by atoms with Gasteiger partial charge in [0.25, 0.3) is 0 Å². The van der Waals surface area contributed by atoms with Crippen molar-refractivity contribution >= 4 is 5.82 Å². The van der Waals surface area contributed by atoms with Crippen LogP contribution in [0.15, 0.2) is 12.4 Å². The number of aromatic nitrogens is 2. The van der Waals surface area contributed by atoms with E-state index in [0.29, 0.717) is 5.88 Å². The number of hydrogen-bond donors (Lipinski definition) is 1. The second kappa shape index (κ2) is 5.52. The molecule has 1 aromatic rings. The minimum absolute atomic E-state index is 0.665. The van der Waals surface area contributed by atoms with Crippen LogP contribution in [-0.2, 0) is 0 Å². The lowest BCUT2D eigenvalue weighted by Crippen LogP contribution is -2.43. The summed E-state index contributed by atoms with van der Waals surface area (Å²) >= 11 is 0. The topological polar surface area (TPSA) is 50.3 Å². The van der Waals surface area contributed by atoms with Gasteiger partial charge in [-0.25, -0.2) is 0 Å². The Balaban J connectivity index is 1.60. The highest BCUT2D eigenvalue weighted by atomic mass is 16.5. The molecule has 0 amide bonds. The Morgan fingerprint density at radius 3 is 2.83 bits per heavy atom. The number of piperazine rings is 1. The summed E-state index contributed by atoms with van der Waals surface area (Å²) in [5, 5.41) is 3.33. The van der Waals surface area contributed by atoms with Gasteiger partial charge in [-0.05, 0) is 18.8 Å². The van der Waals surface area contributed by atoms with Crippen molar-refractivity contribution in [2.45, 2.75) is 19.3 Å². The van der Waals surface area contributed by atoms with Crippen LogP contribution in [0.3, 0.4) is 0 Å². The SMILES string of the molecule is c1ncc(N2CCNCC2)nc1OCC1CCC1. The molecule has 1 aliphatic heterocycles. The second-order valence-corrected chi connectivity index (χ2v) is 5.06. The molecule has 0 aromatic carbocycles. The first-order valence-corrected chi connectivity index (χ1v) is 6.82. The van der Waals surface area contributed by atoms with Crippen molar-refractivity contribution in [3.63, 3.8) is 0 Å². The average Bonchev–Trinajstić information content (AvgIpc) is 2.38. The van der Waals surface area contributed by atoms with Gasteiger partial charge >= 0.3 is 0 Å². The van der Waals surface area contributed by atoms with Crippen LogP contribution < -0.4 is 15.0 Å². The molecule has 0 spiro atoms. The molecule has 98 valence electrons. The first-order valence-electron chi connectivity index (χ1n) is 6.82. The molecule has 1 aliphatic carbocycles. The van der Waals surface area contributed by atoms with Gasteiger partial charge in [0.1, 0.15) is 0 Å². The highest BCUT2D eigenvalue weighted by molar-refractivity contribution is 5.38. The molecule has 1 N–H and O–H groups in total. The van der Waals surface area contributed by atoms with Gasteiger partial charge in [-0.2, -0.15) is 4.98 Å². The fourth-order valence-electron chi connectivity index (χ4n) is 2.32. The van der Waals surface area contributed by atoms with Crippen LogP contribution in [-0.4, -0.2) is 42.8 Å². The van der Waals surface area contributed by atoms with Gasteiger partial charge < -0.3 is 15.0 Å². The molecule has 0 unspecified atom stereocenters. The Hall–Kier alpha value is -1.36. The fraction of sp³-hybridized carbons (Fsp3) is 0.692. The van der Waals surface area contributed by atoms with Crippen LogP contribution >= 0.6 is 0 Å². The summed E-state index contributed by atoms with van der Waals surface area (Å²) in [6.45, 7) is 4.78. The third kappa shape index (κ3) is 2.72. The van der Waals surface area contributed by atoms with E-state index < -0.39 is 0 Å². The van der Waals surface area contributed by atoms with E-state index in [1.54, 1.807) is 6.20 Å². The van der Waals surface area contributed by atoms with Gasteiger partial charge in [-0.1, -0.05) is 6.42 Å². The van der Waals surface area contributed by atoms with E-state index in [4.69, 9.17) is 4.74 Å². The first-order chi connectivity index (χ1) is 8.92. The van der Waals surface area contributed by atoms with Crippen LogP contribution in [0.4, 0.5) is 5.82 Å². The van der Waals surface area contributed by atoms with Crippen LogP contribution in [0.2, 0.25) is 0 Å². The Labute approximate surface area is 108 Å². The summed E-state index contributed by atoms with van der Waals surface area (Å²) in [5.74, 6) is 2.33. The normalized spacial score (nSPS) is 20.6. The molecule has 0 radical (unpaired) electrons. The van der Waals surface area contributed by atoms with Gasteiger partial charge in [0, 0.05) is 26.2 Å². The van der Waals surface area contributed by atoms with E-state index in [1.807, 2.05) is 6.20 Å². The zero-order valence-electron chi connectivity index (χ0n) is 10.6. The van der Waals surface area contributed by atoms with Gasteiger partial charge in [-0.15, -0.1) is 0 Å². The molecule has 3 rings (SSSR count). The molecule has 5 nitrogen and oxygen atoms in total. The molecule has 0 atom stereocenters. The summed E-state index contributed by atoms with van der Waals surface area (Å²) in [5.41, 5.74) is 0. The zero-order chi connectivity index (χ0) is 12.2. The summed E-state index contributed by atoms with van der Waals surface area (Å²) in [6, 6.07) is 0. The summed E-state index contributed by atoms with van der Waals surface area (Å²) in [6.07, 6.45) is 7.47. The van der Waals surface area contributed by atoms with Crippen molar-refractivity contribution < 1.29 is 4.74 Å². The number of nitrogens with one attached hydrogen (secondary N) is 1. The maximum absolute atomic E-state index is 5.73. The minimum Gasteiger partial charge on any atom is -0.476 e. The number of anilines is 1. The Bertz CT molecular complexity index is 388. The molecule has 1 saturated carbocycles. The number of nitrogens with zero attached hydrogens (tertiary/aromatic N) is 3. The zero-order valence-corrected chi connectivity index (χ0v) is 10.6. The van der Waals surface area contributed by atoms with E-state index >= 15 is 0 Å². The number of hydrogen-bond acceptors (Lipinski definition) is 5. The lowest BCUT2D eigenvalue weighted by atomic mass is 9.86. The summed E-state index contributed by atoms with van der Waals surface area (Å²) in [7, 11) is 0. The number of ether oxygens (including phenoxy) is 1. The van der Waals surface area contributed by atoms with Crippen molar-refractivity contribution in [3.8, 4) is 5.88 Å². The summed E-state index contributed by atoms with van der Waals surface area (Å²) in [4.78, 5) is 11.0. The fourth-order valence-corrected chi connectivity index (χ4v) is 2.32. The lowest BCUT2D eigenvalue weighted by molar-refractivity contribution is 0.175. The maximum atomic E-state index is 5.73. The molecule has 1 saturated heterocycles. The van der Waals surface area contributed by atoms with E-state index in [-0.39, 0.29) is 0 Å². The van der Waals surface area contributed by atoms with E-state index in [0.717, 1.165) is 44.5 Å². The van der Waals surface area contributed by atoms with E-state index in [9.17, 15) is 0 Å². The molecule has 2 fully saturated rings. The van der Waals surface area contributed by atoms with Gasteiger partial charge in [0.2, 0.25) is 5.88 Å². The average molecular weight is 248 g/mol. The Kier molecular flexibility index (Phi) is 3.59. The van der Waals surface area contributed by atoms with Crippen LogP contribution in [0.25, 0.3) is 0 Å². The van der Waals surface area contributed by atoms with Gasteiger partial charge in [0.15, 0.2) is 5.82 Å². The monoisotopic (exact) mass is 248 g/mol. The molecule has 1 aromatic heterocycles. The third-order valence-corrected chi connectivity index (χ3v) is 3.73. The first kappa shape index (κ1) is 11.7. The van der Waals surface area contributed by atoms with Crippen molar-refractivity contribution in [2.24, 2.45) is 5.92 Å². The van der Waals surface area contributed by atoms with Crippen molar-refractivity contribution in [2.75, 3.05) is 37.7 Å². The molecule has 2 heterocycles. The number of rotatable bonds is 4. The third-order valence-electron chi connectivity index (χ3n) is 3.73. The van der Waals surface area contributed by atoms with Gasteiger partial charge in [-0.3, -0.25) is 4.98 Å². The molecule has 2 aliphatic rings. The Morgan fingerprint density at radius 2 is 2.11 bits per heavy atom. The molecular formula is C13H20N4O. The van der Waals surface area contributed by atoms with Gasteiger partial charge in [0.05, 0.1) is 19.0 Å². The maximum Gasteiger partial charge on any atom is 0.234 e. The van der Waals surface area contributed by atoms with E-state index in [1.165, 1.54) is 19.3 Å². The summed E-state index contributed by atoms with van der Waals surface area (Å²) < 4.78 is 5.73. The van der Waals surface area contributed by atoms with Crippen molar-refractivity contribution in [1.29, 1.82) is 0 Å². The highest BCUT2D eigenvalue weighted by Crippen LogP contribution is 2.26. The lowest BCUT2D eigenvalue weighted by Gasteiger charge is -2.28. The van der Waals surface area contributed by atoms with Crippen molar-refractivity contribution in [3.05, 3.63) is 12.4 Å². The molecule has 18 heavy (non-hydrogen) atoms. The van der Waals surface area contributed by atoms with E-state index in [2.05, 4.69) is 20.2 Å². The predicted molar refractivity (Wildman–Crippen MR) is 70.0 cm³/mol. The van der Waals surface area contributed by atoms with Crippen LogP contribution in [0.5, 0.6) is 5.88 Å². The smallest absolute Gasteiger partial charge is 0.234 e. The second-order valence-electron chi connectivity index (χ2n) is 5.06. The Morgan fingerprint density at radius 1 is 1.28 bits per heavy atom. The van der Waals surface area contributed by atoms with Crippen LogP contribution in [0, 0.1) is 5.92 Å². The predicted octanol–water partition coefficient (Wildman–Crippen LogP) is 1.07. The molecule has 5 heteroatoms. The standard InChI is InChI=1S/C13H20N4O/c1-2-11(3-1)10-18-13-9-15-8-12(16-13)17-6-4-14-5-7-17/h8-9,11,14H,1-7,10H2. The van der Waals surface area contributed by atoms with Crippen LogP contribution in [0.1, 0.15) is 19.3 Å². The quantitative estimate of drug-likeness (QED) is 0.863. The minimum atomic E-state index is 0.665. The highest BCUT2D eigenvalue weighted by Gasteiger charge is 2.18. The molecular weight excluding hydrogens is 228 g/mol. The van der Waals surface area contributed by atoms with Crippen molar-refractivity contribution in [1.82, 2.24) is 15.3 Å².